The van der Waals surface area contributed by atoms with Crippen LogP contribution in [-0.4, -0.2) is 37.3 Å². The van der Waals surface area contributed by atoms with Crippen LogP contribution in [0, 0.1) is 6.92 Å². The first-order valence-corrected chi connectivity index (χ1v) is 4.94. The van der Waals surface area contributed by atoms with Crippen molar-refractivity contribution in [3.8, 4) is 0 Å². The molecule has 1 atom stereocenters. The van der Waals surface area contributed by atoms with Crippen LogP contribution >= 0.6 is 0 Å². The first kappa shape index (κ1) is 14.6. The largest absolute Gasteiger partial charge is 1.00 e. The zero-order chi connectivity index (χ0) is 10.8. The standard InChI is InChI=1S/C12H20NO.BrH/c1-10-7-5-6-8-11(10)12(14)9-13(2,3)4;/h5-8,12,14H,9H2,1-4H3;1H/q+1;/p-1. The van der Waals surface area contributed by atoms with E-state index >= 15 is 0 Å². The van der Waals surface area contributed by atoms with Crippen LogP contribution in [0.5, 0.6) is 0 Å². The minimum Gasteiger partial charge on any atom is -1.00 e. The number of benzene rings is 1. The Morgan fingerprint density at radius 2 is 1.73 bits per heavy atom. The molecule has 0 aliphatic carbocycles. The van der Waals surface area contributed by atoms with E-state index in [2.05, 4.69) is 21.1 Å². The fourth-order valence-electron chi connectivity index (χ4n) is 1.58. The molecule has 0 spiro atoms. The van der Waals surface area contributed by atoms with Gasteiger partial charge in [-0.1, -0.05) is 24.3 Å². The molecule has 0 aromatic heterocycles. The van der Waals surface area contributed by atoms with Gasteiger partial charge in [-0.25, -0.2) is 0 Å². The Bertz CT molecular complexity index is 307. The maximum atomic E-state index is 10.0. The molecule has 0 radical (unpaired) electrons. The highest BCUT2D eigenvalue weighted by molar-refractivity contribution is 5.27. The van der Waals surface area contributed by atoms with E-state index in [1.807, 2.05) is 31.2 Å². The Hall–Kier alpha value is -0.380. The first-order valence-electron chi connectivity index (χ1n) is 4.94. The molecule has 0 aliphatic rings. The lowest BCUT2D eigenvalue weighted by atomic mass is 10.0. The third kappa shape index (κ3) is 4.78. The summed E-state index contributed by atoms with van der Waals surface area (Å²) in [4.78, 5) is 0. The maximum absolute atomic E-state index is 10.0. The number of rotatable bonds is 3. The van der Waals surface area contributed by atoms with E-state index < -0.39 is 0 Å². The van der Waals surface area contributed by atoms with Crippen LogP contribution < -0.4 is 17.0 Å². The minimum absolute atomic E-state index is 0. The molecule has 0 bridgehead atoms. The van der Waals surface area contributed by atoms with Crippen molar-refractivity contribution >= 4 is 0 Å². The average molecular weight is 274 g/mol. The lowest BCUT2D eigenvalue weighted by molar-refractivity contribution is -0.874. The number of aliphatic hydroxyl groups excluding tert-OH is 1. The number of hydrogen-bond donors (Lipinski definition) is 1. The number of aryl methyl sites for hydroxylation is 1. The molecule has 86 valence electrons. The number of likely N-dealkylation sites (N-methyl/N-ethyl adjacent to an activating group) is 1. The number of halogens is 1. The van der Waals surface area contributed by atoms with Crippen molar-refractivity contribution in [2.24, 2.45) is 0 Å². The smallest absolute Gasteiger partial charge is 0.128 e. The van der Waals surface area contributed by atoms with Gasteiger partial charge in [0.25, 0.3) is 0 Å². The summed E-state index contributed by atoms with van der Waals surface area (Å²) in [6, 6.07) is 8.00. The van der Waals surface area contributed by atoms with Gasteiger partial charge in [-0.3, -0.25) is 0 Å². The van der Waals surface area contributed by atoms with Gasteiger partial charge in [-0.05, 0) is 18.1 Å². The monoisotopic (exact) mass is 273 g/mol. The molecular weight excluding hydrogens is 254 g/mol. The Morgan fingerprint density at radius 3 is 2.20 bits per heavy atom. The Kier molecular flexibility index (Phi) is 5.49. The van der Waals surface area contributed by atoms with Crippen molar-refractivity contribution < 1.29 is 26.6 Å². The van der Waals surface area contributed by atoms with Gasteiger partial charge in [0.05, 0.1) is 21.1 Å². The van der Waals surface area contributed by atoms with Crippen LogP contribution in [0.2, 0.25) is 0 Å². The molecule has 0 amide bonds. The molecule has 1 N–H and O–H groups in total. The maximum Gasteiger partial charge on any atom is 0.128 e. The van der Waals surface area contributed by atoms with E-state index in [0.29, 0.717) is 0 Å². The summed E-state index contributed by atoms with van der Waals surface area (Å²) < 4.78 is 0.773. The number of nitrogens with zero attached hydrogens (tertiary/aromatic N) is 1. The van der Waals surface area contributed by atoms with Crippen LogP contribution in [0.4, 0.5) is 0 Å². The zero-order valence-corrected chi connectivity index (χ0v) is 11.5. The van der Waals surface area contributed by atoms with Crippen LogP contribution in [0.1, 0.15) is 17.2 Å². The number of quaternary nitrogens is 1. The molecule has 1 unspecified atom stereocenters. The molecular formula is C12H20BrNO. The van der Waals surface area contributed by atoms with Crippen LogP contribution in [0.15, 0.2) is 24.3 Å². The first-order chi connectivity index (χ1) is 6.40. The summed E-state index contributed by atoms with van der Waals surface area (Å²) in [6.45, 7) is 2.78. The summed E-state index contributed by atoms with van der Waals surface area (Å²) >= 11 is 0. The quantitative estimate of drug-likeness (QED) is 0.682. The lowest BCUT2D eigenvalue weighted by Gasteiger charge is -2.27. The van der Waals surface area contributed by atoms with Gasteiger partial charge < -0.3 is 26.6 Å². The molecule has 3 heteroatoms. The van der Waals surface area contributed by atoms with Crippen molar-refractivity contribution in [1.82, 2.24) is 0 Å². The highest BCUT2D eigenvalue weighted by Crippen LogP contribution is 2.18. The van der Waals surface area contributed by atoms with Gasteiger partial charge >= 0.3 is 0 Å². The molecule has 0 fully saturated rings. The predicted octanol–water partition coefficient (Wildman–Crippen LogP) is -1.26. The van der Waals surface area contributed by atoms with E-state index in [4.69, 9.17) is 0 Å². The molecule has 0 saturated carbocycles. The fraction of sp³-hybridized carbons (Fsp3) is 0.500. The SMILES string of the molecule is Cc1ccccc1C(O)C[N+](C)(C)C.[Br-]. The summed E-state index contributed by atoms with van der Waals surface area (Å²) in [5.74, 6) is 0. The molecule has 0 heterocycles. The van der Waals surface area contributed by atoms with Gasteiger partial charge in [0.15, 0.2) is 0 Å². The second kappa shape index (κ2) is 5.64. The Balaban J connectivity index is 0.00000196. The third-order valence-electron chi connectivity index (χ3n) is 2.27. The molecule has 1 aromatic rings. The second-order valence-corrected chi connectivity index (χ2v) is 4.85. The number of hydrogen-bond acceptors (Lipinski definition) is 1. The topological polar surface area (TPSA) is 20.2 Å². The number of aliphatic hydroxyl groups is 1. The van der Waals surface area contributed by atoms with E-state index in [1.54, 1.807) is 0 Å². The van der Waals surface area contributed by atoms with Crippen LogP contribution in [0.3, 0.4) is 0 Å². The van der Waals surface area contributed by atoms with Gasteiger partial charge in [0.2, 0.25) is 0 Å². The Labute approximate surface area is 103 Å². The summed E-state index contributed by atoms with van der Waals surface area (Å²) in [6.07, 6.45) is -0.365. The van der Waals surface area contributed by atoms with E-state index in [-0.39, 0.29) is 23.1 Å². The fourth-order valence-corrected chi connectivity index (χ4v) is 1.58. The third-order valence-corrected chi connectivity index (χ3v) is 2.27. The summed E-state index contributed by atoms with van der Waals surface area (Å²) in [5, 5.41) is 10.0. The van der Waals surface area contributed by atoms with Gasteiger partial charge in [-0.2, -0.15) is 0 Å². The lowest BCUT2D eigenvalue weighted by Crippen LogP contribution is -3.00. The van der Waals surface area contributed by atoms with Crippen molar-refractivity contribution in [3.05, 3.63) is 35.4 Å². The molecule has 1 rings (SSSR count). The van der Waals surface area contributed by atoms with Gasteiger partial charge in [0, 0.05) is 0 Å². The van der Waals surface area contributed by atoms with Crippen molar-refractivity contribution in [1.29, 1.82) is 0 Å². The normalized spacial score (nSPS) is 13.1. The van der Waals surface area contributed by atoms with Crippen molar-refractivity contribution in [2.75, 3.05) is 27.7 Å². The predicted molar refractivity (Wildman–Crippen MR) is 59.0 cm³/mol. The van der Waals surface area contributed by atoms with Gasteiger partial charge in [-0.15, -0.1) is 0 Å². The summed E-state index contributed by atoms with van der Waals surface area (Å²) in [5.41, 5.74) is 2.20. The van der Waals surface area contributed by atoms with Gasteiger partial charge in [0.1, 0.15) is 12.6 Å². The second-order valence-electron chi connectivity index (χ2n) is 4.85. The molecule has 0 aliphatic heterocycles. The highest BCUT2D eigenvalue weighted by Gasteiger charge is 2.18. The molecule has 15 heavy (non-hydrogen) atoms. The highest BCUT2D eigenvalue weighted by atomic mass is 79.9. The summed E-state index contributed by atoms with van der Waals surface area (Å²) in [7, 11) is 6.25. The Morgan fingerprint density at radius 1 is 1.20 bits per heavy atom. The van der Waals surface area contributed by atoms with E-state index in [9.17, 15) is 5.11 Å². The zero-order valence-electron chi connectivity index (χ0n) is 9.87. The van der Waals surface area contributed by atoms with Crippen molar-refractivity contribution in [3.63, 3.8) is 0 Å². The molecule has 0 saturated heterocycles. The molecule has 1 aromatic carbocycles. The van der Waals surface area contributed by atoms with Crippen LogP contribution in [-0.2, 0) is 0 Å². The molecule has 2 nitrogen and oxygen atoms in total. The van der Waals surface area contributed by atoms with Crippen molar-refractivity contribution in [2.45, 2.75) is 13.0 Å². The van der Waals surface area contributed by atoms with E-state index in [1.165, 1.54) is 0 Å². The van der Waals surface area contributed by atoms with E-state index in [0.717, 1.165) is 22.2 Å². The minimum atomic E-state index is -0.365. The van der Waals surface area contributed by atoms with Crippen LogP contribution in [0.25, 0.3) is 0 Å². The average Bonchev–Trinajstić information content (AvgIpc) is 2.01.